The summed E-state index contributed by atoms with van der Waals surface area (Å²) in [5.41, 5.74) is 5.67. The smallest absolute Gasteiger partial charge is 0.277 e. The highest BCUT2D eigenvalue weighted by molar-refractivity contribution is 5.83. The lowest BCUT2D eigenvalue weighted by Gasteiger charge is -2.08. The maximum Gasteiger partial charge on any atom is 0.277 e. The topological polar surface area (TPSA) is 59.9 Å². The monoisotopic (exact) mass is 402 g/mol. The van der Waals surface area contributed by atoms with E-state index >= 15 is 0 Å². The van der Waals surface area contributed by atoms with Gasteiger partial charge in [0.25, 0.3) is 5.91 Å². The van der Waals surface area contributed by atoms with Crippen LogP contribution in [0.2, 0.25) is 0 Å². The number of nitrogens with zero attached hydrogens (tertiary/aromatic N) is 1. The van der Waals surface area contributed by atoms with Crippen molar-refractivity contribution in [2.24, 2.45) is 5.10 Å². The number of rotatable bonds is 9. The average Bonchev–Trinajstić information content (AvgIpc) is 2.78. The Kier molecular flexibility index (Phi) is 7.61. The molecule has 0 radical (unpaired) electrons. The molecule has 3 aromatic rings. The minimum Gasteiger partial charge on any atom is -0.489 e. The summed E-state index contributed by atoms with van der Waals surface area (Å²) in [4.78, 5) is 11.9. The van der Waals surface area contributed by atoms with Gasteiger partial charge in [-0.15, -0.1) is 0 Å². The van der Waals surface area contributed by atoms with E-state index in [1.54, 1.807) is 6.21 Å². The molecular formula is C25H26N2O3. The van der Waals surface area contributed by atoms with Gasteiger partial charge in [0.05, 0.1) is 6.21 Å². The first-order valence-electron chi connectivity index (χ1n) is 9.91. The highest BCUT2D eigenvalue weighted by Gasteiger charge is 2.03. The molecule has 154 valence electrons. The van der Waals surface area contributed by atoms with Crippen molar-refractivity contribution < 1.29 is 14.3 Å². The summed E-state index contributed by atoms with van der Waals surface area (Å²) < 4.78 is 11.2. The fraction of sp³-hybridized carbons (Fsp3) is 0.200. The second kappa shape index (κ2) is 10.8. The van der Waals surface area contributed by atoms with Crippen molar-refractivity contribution in [3.05, 3.63) is 95.6 Å². The van der Waals surface area contributed by atoms with Crippen molar-refractivity contribution in [1.82, 2.24) is 5.43 Å². The van der Waals surface area contributed by atoms with Crippen molar-refractivity contribution in [3.63, 3.8) is 0 Å². The second-order valence-corrected chi connectivity index (χ2v) is 7.15. The largest absolute Gasteiger partial charge is 0.489 e. The van der Waals surface area contributed by atoms with Gasteiger partial charge >= 0.3 is 0 Å². The van der Waals surface area contributed by atoms with E-state index in [9.17, 15) is 4.79 Å². The Morgan fingerprint density at radius 1 is 0.900 bits per heavy atom. The van der Waals surface area contributed by atoms with Crippen molar-refractivity contribution in [2.75, 3.05) is 6.61 Å². The third-order valence-corrected chi connectivity index (χ3v) is 4.45. The van der Waals surface area contributed by atoms with Gasteiger partial charge in [-0.05, 0) is 59.0 Å². The first kappa shape index (κ1) is 21.1. The Bertz CT molecular complexity index is 950. The summed E-state index contributed by atoms with van der Waals surface area (Å²) >= 11 is 0. The quantitative estimate of drug-likeness (QED) is 0.408. The SMILES string of the molecule is CC(C)c1ccc(OCC(=O)NN=Cc2ccc(OCc3ccccc3)cc2)cc1. The number of hydrogen-bond acceptors (Lipinski definition) is 4. The first-order chi connectivity index (χ1) is 14.6. The molecule has 1 N–H and O–H groups in total. The minimum absolute atomic E-state index is 0.0926. The fourth-order valence-corrected chi connectivity index (χ4v) is 2.70. The van der Waals surface area contributed by atoms with E-state index in [0.29, 0.717) is 18.3 Å². The molecule has 30 heavy (non-hydrogen) atoms. The molecule has 0 atom stereocenters. The Labute approximate surface area is 177 Å². The van der Waals surface area contributed by atoms with Crippen LogP contribution < -0.4 is 14.9 Å². The van der Waals surface area contributed by atoms with Gasteiger partial charge in [0.1, 0.15) is 18.1 Å². The molecule has 0 saturated heterocycles. The van der Waals surface area contributed by atoms with Gasteiger partial charge in [-0.1, -0.05) is 56.3 Å². The zero-order chi connectivity index (χ0) is 21.2. The van der Waals surface area contributed by atoms with Gasteiger partial charge in [0.2, 0.25) is 0 Å². The van der Waals surface area contributed by atoms with Gasteiger partial charge in [-0.3, -0.25) is 4.79 Å². The summed E-state index contributed by atoms with van der Waals surface area (Å²) in [6, 6.07) is 25.2. The van der Waals surface area contributed by atoms with E-state index in [0.717, 1.165) is 16.9 Å². The van der Waals surface area contributed by atoms with Crippen molar-refractivity contribution in [2.45, 2.75) is 26.4 Å². The Hall–Kier alpha value is -3.60. The second-order valence-electron chi connectivity index (χ2n) is 7.15. The first-order valence-corrected chi connectivity index (χ1v) is 9.91. The maximum atomic E-state index is 11.9. The molecule has 0 unspecified atom stereocenters. The van der Waals surface area contributed by atoms with Gasteiger partial charge < -0.3 is 9.47 Å². The van der Waals surface area contributed by atoms with Gasteiger partial charge in [0.15, 0.2) is 6.61 Å². The third-order valence-electron chi connectivity index (χ3n) is 4.45. The molecule has 3 aromatic carbocycles. The van der Waals surface area contributed by atoms with Crippen LogP contribution in [0.3, 0.4) is 0 Å². The van der Waals surface area contributed by atoms with Crippen LogP contribution in [0.1, 0.15) is 36.5 Å². The minimum atomic E-state index is -0.318. The predicted molar refractivity (Wildman–Crippen MR) is 119 cm³/mol. The van der Waals surface area contributed by atoms with E-state index in [4.69, 9.17) is 9.47 Å². The molecule has 0 aliphatic carbocycles. The van der Waals surface area contributed by atoms with Gasteiger partial charge in [-0.2, -0.15) is 5.10 Å². The standard InChI is InChI=1S/C25H26N2O3/c1-19(2)22-10-14-24(15-11-22)30-18-25(28)27-26-16-20-8-12-23(13-9-20)29-17-21-6-4-3-5-7-21/h3-16,19H,17-18H2,1-2H3,(H,27,28). The summed E-state index contributed by atoms with van der Waals surface area (Å²) in [7, 11) is 0. The fourth-order valence-electron chi connectivity index (χ4n) is 2.70. The number of carbonyl (C=O) groups excluding carboxylic acids is 1. The number of hydrogen-bond donors (Lipinski definition) is 1. The molecule has 0 saturated carbocycles. The average molecular weight is 402 g/mol. The van der Waals surface area contributed by atoms with Crippen molar-refractivity contribution in [3.8, 4) is 11.5 Å². The lowest BCUT2D eigenvalue weighted by molar-refractivity contribution is -0.123. The molecule has 0 aromatic heterocycles. The van der Waals surface area contributed by atoms with Crippen LogP contribution in [-0.4, -0.2) is 18.7 Å². The van der Waals surface area contributed by atoms with Crippen molar-refractivity contribution >= 4 is 12.1 Å². The van der Waals surface area contributed by atoms with E-state index in [2.05, 4.69) is 24.4 Å². The number of amides is 1. The molecular weight excluding hydrogens is 376 g/mol. The highest BCUT2D eigenvalue weighted by Crippen LogP contribution is 2.18. The Balaban J connectivity index is 1.40. The Morgan fingerprint density at radius 2 is 1.53 bits per heavy atom. The molecule has 0 fully saturated rings. The van der Waals surface area contributed by atoms with E-state index in [-0.39, 0.29) is 12.5 Å². The lowest BCUT2D eigenvalue weighted by Crippen LogP contribution is -2.24. The number of nitrogens with one attached hydrogen (secondary N) is 1. The van der Waals surface area contributed by atoms with Crippen LogP contribution in [0.5, 0.6) is 11.5 Å². The number of hydrazone groups is 1. The summed E-state index contributed by atoms with van der Waals surface area (Å²) in [6.07, 6.45) is 1.58. The normalized spacial score (nSPS) is 10.9. The number of ether oxygens (including phenoxy) is 2. The molecule has 0 aliphatic rings. The zero-order valence-electron chi connectivity index (χ0n) is 17.2. The molecule has 5 nitrogen and oxygen atoms in total. The molecule has 0 spiro atoms. The molecule has 0 aliphatic heterocycles. The van der Waals surface area contributed by atoms with Crippen LogP contribution in [0.4, 0.5) is 0 Å². The van der Waals surface area contributed by atoms with E-state index in [1.165, 1.54) is 5.56 Å². The summed E-state index contributed by atoms with van der Waals surface area (Å²) in [6.45, 7) is 4.69. The molecule has 3 rings (SSSR count). The summed E-state index contributed by atoms with van der Waals surface area (Å²) in [5, 5.41) is 3.97. The molecule has 0 bridgehead atoms. The van der Waals surface area contributed by atoms with Crippen molar-refractivity contribution in [1.29, 1.82) is 0 Å². The van der Waals surface area contributed by atoms with Crippen LogP contribution in [0.15, 0.2) is 84.0 Å². The lowest BCUT2D eigenvalue weighted by atomic mass is 10.0. The Morgan fingerprint density at radius 3 is 2.20 bits per heavy atom. The summed E-state index contributed by atoms with van der Waals surface area (Å²) in [5.74, 6) is 1.57. The highest BCUT2D eigenvalue weighted by atomic mass is 16.5. The number of carbonyl (C=O) groups is 1. The van der Waals surface area contributed by atoms with Crippen LogP contribution in [0, 0.1) is 0 Å². The number of benzene rings is 3. The van der Waals surface area contributed by atoms with Crippen LogP contribution in [0.25, 0.3) is 0 Å². The molecule has 0 heterocycles. The van der Waals surface area contributed by atoms with E-state index < -0.39 is 0 Å². The van der Waals surface area contributed by atoms with Crippen LogP contribution in [-0.2, 0) is 11.4 Å². The maximum absolute atomic E-state index is 11.9. The third kappa shape index (κ3) is 6.78. The molecule has 5 heteroatoms. The van der Waals surface area contributed by atoms with E-state index in [1.807, 2.05) is 78.9 Å². The zero-order valence-corrected chi connectivity index (χ0v) is 17.2. The van der Waals surface area contributed by atoms with Gasteiger partial charge in [-0.25, -0.2) is 5.43 Å². The predicted octanol–water partition coefficient (Wildman–Crippen LogP) is 4.92. The molecule has 1 amide bonds. The van der Waals surface area contributed by atoms with Crippen LogP contribution >= 0.6 is 0 Å². The van der Waals surface area contributed by atoms with Gasteiger partial charge in [0, 0.05) is 0 Å².